The molecule has 20 heavy (non-hydrogen) atoms. The molecule has 0 aliphatic rings. The van der Waals surface area contributed by atoms with Crippen LogP contribution in [0, 0.1) is 0 Å². The van der Waals surface area contributed by atoms with Gasteiger partial charge in [0.1, 0.15) is 4.99 Å². The quantitative estimate of drug-likeness (QED) is 0.793. The molecule has 0 aliphatic carbocycles. The Morgan fingerprint density at radius 2 is 2.05 bits per heavy atom. The second kappa shape index (κ2) is 5.95. The van der Waals surface area contributed by atoms with Crippen LogP contribution < -0.4 is 5.73 Å². The number of sulfonamides is 1. The molecule has 1 rings (SSSR count). The monoisotopic (exact) mass is 336 g/mol. The van der Waals surface area contributed by atoms with E-state index in [-0.39, 0.29) is 21.5 Å². The van der Waals surface area contributed by atoms with Crippen molar-refractivity contribution in [3.8, 4) is 0 Å². The Balaban J connectivity index is 3.31. The maximum Gasteiger partial charge on any atom is 0.243 e. The summed E-state index contributed by atoms with van der Waals surface area (Å²) < 4.78 is 26.0. The van der Waals surface area contributed by atoms with Gasteiger partial charge in [0.2, 0.25) is 10.0 Å². The minimum Gasteiger partial charge on any atom is -0.394 e. The molecule has 0 amide bonds. The number of hydrogen-bond acceptors (Lipinski definition) is 4. The van der Waals surface area contributed by atoms with E-state index in [1.807, 2.05) is 0 Å². The number of nitrogens with zero attached hydrogens (tertiary/aromatic N) is 1. The highest BCUT2D eigenvalue weighted by molar-refractivity contribution is 7.89. The molecule has 1 aromatic carbocycles. The first-order valence-electron chi connectivity index (χ1n) is 5.73. The highest BCUT2D eigenvalue weighted by Crippen LogP contribution is 2.26. The molecule has 0 atom stereocenters. The van der Waals surface area contributed by atoms with Crippen LogP contribution in [0.2, 0.25) is 5.02 Å². The zero-order valence-electron chi connectivity index (χ0n) is 11.4. The van der Waals surface area contributed by atoms with Gasteiger partial charge in [0.15, 0.2) is 0 Å². The first-order valence-corrected chi connectivity index (χ1v) is 7.96. The molecule has 112 valence electrons. The van der Waals surface area contributed by atoms with Crippen LogP contribution in [-0.4, -0.2) is 42.0 Å². The van der Waals surface area contributed by atoms with Gasteiger partial charge in [0, 0.05) is 12.6 Å². The van der Waals surface area contributed by atoms with E-state index < -0.39 is 15.6 Å². The fraction of sp³-hybridized carbons (Fsp3) is 0.417. The minimum atomic E-state index is -3.77. The zero-order valence-corrected chi connectivity index (χ0v) is 13.8. The van der Waals surface area contributed by atoms with Crippen LogP contribution >= 0.6 is 23.8 Å². The van der Waals surface area contributed by atoms with Crippen molar-refractivity contribution in [3.63, 3.8) is 0 Å². The number of aliphatic hydroxyl groups is 1. The van der Waals surface area contributed by atoms with Gasteiger partial charge < -0.3 is 10.8 Å². The number of thiocarbonyl (C=S) groups is 1. The van der Waals surface area contributed by atoms with Gasteiger partial charge in [-0.05, 0) is 32.0 Å². The smallest absolute Gasteiger partial charge is 0.243 e. The average Bonchev–Trinajstić information content (AvgIpc) is 2.37. The van der Waals surface area contributed by atoms with Crippen molar-refractivity contribution in [2.24, 2.45) is 5.73 Å². The average molecular weight is 337 g/mol. The Kier molecular flexibility index (Phi) is 5.15. The molecule has 0 aromatic heterocycles. The Morgan fingerprint density at radius 3 is 2.45 bits per heavy atom. The topological polar surface area (TPSA) is 83.6 Å². The lowest BCUT2D eigenvalue weighted by molar-refractivity contribution is 0.138. The van der Waals surface area contributed by atoms with Crippen LogP contribution in [0.3, 0.4) is 0 Å². The molecule has 0 fully saturated rings. The first kappa shape index (κ1) is 17.3. The van der Waals surface area contributed by atoms with Crippen LogP contribution in [0.25, 0.3) is 0 Å². The summed E-state index contributed by atoms with van der Waals surface area (Å²) in [6, 6.07) is 4.16. The molecule has 5 nitrogen and oxygen atoms in total. The molecule has 0 saturated heterocycles. The number of likely N-dealkylation sites (N-methyl/N-ethyl adjacent to an activating group) is 1. The third-order valence-electron chi connectivity index (χ3n) is 3.10. The van der Waals surface area contributed by atoms with E-state index in [9.17, 15) is 13.5 Å². The molecule has 8 heteroatoms. The summed E-state index contributed by atoms with van der Waals surface area (Å²) >= 11 is 10.8. The lowest BCUT2D eigenvalue weighted by atomic mass is 10.1. The standard InChI is InChI=1S/C12H17ClN2O3S2/c1-12(2,7-16)15(3)20(17,18)8-4-5-9(11(14)19)10(13)6-8/h4-6,16H,7H2,1-3H3,(H2,14,19). The van der Waals surface area contributed by atoms with Crippen molar-refractivity contribution in [2.75, 3.05) is 13.7 Å². The molecule has 1 aromatic rings. The van der Waals surface area contributed by atoms with E-state index in [0.717, 1.165) is 4.31 Å². The van der Waals surface area contributed by atoms with Crippen molar-refractivity contribution in [3.05, 3.63) is 28.8 Å². The molecule has 3 N–H and O–H groups in total. The van der Waals surface area contributed by atoms with Gasteiger partial charge in [-0.15, -0.1) is 0 Å². The van der Waals surface area contributed by atoms with Gasteiger partial charge in [0.05, 0.1) is 22.1 Å². The summed E-state index contributed by atoms with van der Waals surface area (Å²) in [5.74, 6) is 0. The van der Waals surface area contributed by atoms with Gasteiger partial charge in [-0.1, -0.05) is 23.8 Å². The van der Waals surface area contributed by atoms with Gasteiger partial charge >= 0.3 is 0 Å². The maximum absolute atomic E-state index is 12.5. The molecular formula is C12H17ClN2O3S2. The van der Waals surface area contributed by atoms with Gasteiger partial charge in [-0.25, -0.2) is 8.42 Å². The molecule has 0 saturated carbocycles. The minimum absolute atomic E-state index is 0.0199. The fourth-order valence-corrected chi connectivity index (χ4v) is 3.55. The molecule has 0 heterocycles. The second-order valence-corrected chi connectivity index (χ2v) is 7.77. The van der Waals surface area contributed by atoms with Crippen molar-refractivity contribution in [2.45, 2.75) is 24.3 Å². The Morgan fingerprint density at radius 1 is 1.50 bits per heavy atom. The van der Waals surface area contributed by atoms with E-state index in [0.29, 0.717) is 5.56 Å². The Bertz CT molecular complexity index is 630. The normalized spacial score (nSPS) is 12.7. The first-order chi connectivity index (χ1) is 9.04. The number of nitrogens with two attached hydrogens (primary N) is 1. The summed E-state index contributed by atoms with van der Waals surface area (Å²) in [4.78, 5) is 0.120. The molecule has 0 bridgehead atoms. The largest absolute Gasteiger partial charge is 0.394 e. The molecular weight excluding hydrogens is 320 g/mol. The SMILES string of the molecule is CN(C(C)(C)CO)S(=O)(=O)c1ccc(C(N)=S)c(Cl)c1. The number of rotatable bonds is 5. The predicted octanol–water partition coefficient (Wildman–Crippen LogP) is 1.37. The van der Waals surface area contributed by atoms with E-state index in [2.05, 4.69) is 0 Å². The maximum atomic E-state index is 12.5. The van der Waals surface area contributed by atoms with Crippen molar-refractivity contribution >= 4 is 38.8 Å². The summed E-state index contributed by atoms with van der Waals surface area (Å²) in [6.45, 7) is 2.94. The number of aliphatic hydroxyl groups excluding tert-OH is 1. The summed E-state index contributed by atoms with van der Waals surface area (Å²) in [6.07, 6.45) is 0. The van der Waals surface area contributed by atoms with Gasteiger partial charge in [-0.3, -0.25) is 0 Å². The zero-order chi connectivity index (χ0) is 15.7. The van der Waals surface area contributed by atoms with E-state index in [1.165, 1.54) is 25.2 Å². The highest BCUT2D eigenvalue weighted by Gasteiger charge is 2.33. The highest BCUT2D eigenvalue weighted by atomic mass is 35.5. The van der Waals surface area contributed by atoms with Crippen LogP contribution in [-0.2, 0) is 10.0 Å². The Hall–Kier alpha value is -0.730. The third-order valence-corrected chi connectivity index (χ3v) is 5.70. The number of hydrogen-bond donors (Lipinski definition) is 2. The van der Waals surface area contributed by atoms with Crippen LogP contribution in [0.4, 0.5) is 0 Å². The Labute approximate surface area is 129 Å². The third kappa shape index (κ3) is 3.29. The van der Waals surface area contributed by atoms with Gasteiger partial charge in [-0.2, -0.15) is 4.31 Å². The summed E-state index contributed by atoms with van der Waals surface area (Å²) in [5, 5.41) is 9.46. The van der Waals surface area contributed by atoms with Crippen molar-refractivity contribution in [1.82, 2.24) is 4.31 Å². The number of halogens is 1. The van der Waals surface area contributed by atoms with E-state index in [1.54, 1.807) is 13.8 Å². The summed E-state index contributed by atoms with van der Waals surface area (Å²) in [7, 11) is -2.37. The lowest BCUT2D eigenvalue weighted by Gasteiger charge is -2.32. The van der Waals surface area contributed by atoms with Crippen LogP contribution in [0.1, 0.15) is 19.4 Å². The predicted molar refractivity (Wildman–Crippen MR) is 83.5 cm³/mol. The fourth-order valence-electron chi connectivity index (χ4n) is 1.44. The van der Waals surface area contributed by atoms with Crippen LogP contribution in [0.15, 0.2) is 23.1 Å². The summed E-state index contributed by atoms with van der Waals surface area (Å²) in [5.41, 5.74) is 4.98. The van der Waals surface area contributed by atoms with Crippen molar-refractivity contribution < 1.29 is 13.5 Å². The van der Waals surface area contributed by atoms with Gasteiger partial charge in [0.25, 0.3) is 0 Å². The lowest BCUT2D eigenvalue weighted by Crippen LogP contribution is -2.47. The second-order valence-electron chi connectivity index (χ2n) is 4.95. The van der Waals surface area contributed by atoms with Crippen LogP contribution in [0.5, 0.6) is 0 Å². The molecule has 0 spiro atoms. The number of benzene rings is 1. The van der Waals surface area contributed by atoms with Crippen molar-refractivity contribution in [1.29, 1.82) is 0 Å². The van der Waals surface area contributed by atoms with E-state index in [4.69, 9.17) is 29.6 Å². The molecule has 0 aliphatic heterocycles. The molecule has 0 unspecified atom stereocenters. The van der Waals surface area contributed by atoms with E-state index >= 15 is 0 Å². The molecule has 0 radical (unpaired) electrons.